The highest BCUT2D eigenvalue weighted by Crippen LogP contribution is 2.18. The van der Waals surface area contributed by atoms with Gasteiger partial charge in [-0.15, -0.1) is 0 Å². The number of amides is 1. The Balaban J connectivity index is 0.000000406. The van der Waals surface area contributed by atoms with Crippen molar-refractivity contribution in [3.63, 3.8) is 0 Å². The van der Waals surface area contributed by atoms with Gasteiger partial charge in [-0.25, -0.2) is 14.8 Å². The Labute approximate surface area is 191 Å². The summed E-state index contributed by atoms with van der Waals surface area (Å²) in [6.45, 7) is 3.72. The van der Waals surface area contributed by atoms with Crippen LogP contribution in [-0.2, 0) is 4.79 Å². The molecule has 0 saturated carbocycles. The molecule has 1 aromatic carbocycles. The van der Waals surface area contributed by atoms with E-state index in [1.165, 1.54) is 0 Å². The van der Waals surface area contributed by atoms with E-state index in [0.29, 0.717) is 28.2 Å². The molecule has 0 bridgehead atoms. The molecule has 0 atom stereocenters. The Morgan fingerprint density at radius 1 is 1.15 bits per heavy atom. The average Bonchev–Trinajstić information content (AvgIpc) is 3.20. The number of likely N-dealkylation sites (N-methyl/N-ethyl adjacent to an activating group) is 1. The summed E-state index contributed by atoms with van der Waals surface area (Å²) in [5.74, 6) is -1.95. The fraction of sp³-hybridized carbons (Fsp3) is 0.286. The van der Waals surface area contributed by atoms with Crippen LogP contribution in [0.2, 0.25) is 0 Å². The molecule has 0 aliphatic carbocycles. The van der Waals surface area contributed by atoms with Crippen molar-refractivity contribution in [2.24, 2.45) is 0 Å². The van der Waals surface area contributed by atoms with Crippen molar-refractivity contribution >= 4 is 34.7 Å². The molecular formula is C21H20F3N7O3. The van der Waals surface area contributed by atoms with E-state index in [0.717, 1.165) is 32.0 Å². The van der Waals surface area contributed by atoms with Crippen LogP contribution in [0.4, 0.5) is 24.9 Å². The summed E-state index contributed by atoms with van der Waals surface area (Å²) in [4.78, 5) is 37.8. The zero-order chi connectivity index (χ0) is 24.9. The number of halogens is 3. The third-order valence-corrected chi connectivity index (χ3v) is 4.88. The summed E-state index contributed by atoms with van der Waals surface area (Å²) in [5, 5.41) is 18.8. The van der Waals surface area contributed by atoms with Crippen LogP contribution in [0.5, 0.6) is 0 Å². The van der Waals surface area contributed by atoms with Crippen molar-refractivity contribution in [2.75, 3.05) is 43.4 Å². The van der Waals surface area contributed by atoms with Gasteiger partial charge >= 0.3 is 12.1 Å². The van der Waals surface area contributed by atoms with Crippen LogP contribution in [0, 0.1) is 11.3 Å². The number of anilines is 2. The normalized spacial score (nSPS) is 14.1. The van der Waals surface area contributed by atoms with Crippen molar-refractivity contribution in [1.82, 2.24) is 19.9 Å². The molecule has 13 heteroatoms. The van der Waals surface area contributed by atoms with Crippen molar-refractivity contribution in [1.29, 1.82) is 5.26 Å². The van der Waals surface area contributed by atoms with Gasteiger partial charge in [0, 0.05) is 26.2 Å². The number of benzene rings is 1. The maximum Gasteiger partial charge on any atom is 0.490 e. The number of piperazine rings is 1. The molecule has 4 rings (SSSR count). The predicted molar refractivity (Wildman–Crippen MR) is 116 cm³/mol. The van der Waals surface area contributed by atoms with E-state index in [4.69, 9.17) is 15.2 Å². The Bertz CT molecular complexity index is 1230. The van der Waals surface area contributed by atoms with Crippen LogP contribution < -0.4 is 10.2 Å². The number of rotatable bonds is 3. The average molecular weight is 475 g/mol. The van der Waals surface area contributed by atoms with E-state index in [9.17, 15) is 18.0 Å². The topological polar surface area (TPSA) is 138 Å². The number of carboxylic acid groups (broad SMARTS) is 1. The number of aromatic amines is 1. The molecule has 1 fully saturated rings. The molecule has 3 heterocycles. The van der Waals surface area contributed by atoms with E-state index >= 15 is 0 Å². The first-order valence-electron chi connectivity index (χ1n) is 9.98. The molecule has 3 aromatic rings. The molecule has 178 valence electrons. The third-order valence-electron chi connectivity index (χ3n) is 4.88. The lowest BCUT2D eigenvalue weighted by Gasteiger charge is -2.33. The summed E-state index contributed by atoms with van der Waals surface area (Å²) in [6, 6.07) is 12.7. The van der Waals surface area contributed by atoms with Gasteiger partial charge in [0.1, 0.15) is 11.5 Å². The van der Waals surface area contributed by atoms with Gasteiger partial charge < -0.3 is 19.9 Å². The molecule has 0 unspecified atom stereocenters. The molecule has 0 radical (unpaired) electrons. The number of aliphatic carboxylic acids is 1. The lowest BCUT2D eigenvalue weighted by atomic mass is 10.2. The predicted octanol–water partition coefficient (Wildman–Crippen LogP) is 2.47. The zero-order valence-electron chi connectivity index (χ0n) is 17.9. The standard InChI is InChI=1S/C19H19N7O.C2HF3O2/c1-25-7-9-26(10-8-25)17-4-2-3-15(21-17)18(27)24-19-22-14-6-5-13(12-20)11-16(14)23-19;3-2(4,5)1(6)7/h2-6,11H,7-10H2,1H3,(H2,22,23,24,27);(H,6,7). The minimum atomic E-state index is -5.08. The Morgan fingerprint density at radius 2 is 1.82 bits per heavy atom. The molecule has 34 heavy (non-hydrogen) atoms. The van der Waals surface area contributed by atoms with Gasteiger partial charge in [-0.3, -0.25) is 10.1 Å². The smallest absolute Gasteiger partial charge is 0.475 e. The number of hydrogen-bond donors (Lipinski definition) is 3. The third kappa shape index (κ3) is 6.20. The number of carbonyl (C=O) groups excluding carboxylic acids is 1. The SMILES string of the molecule is CN1CCN(c2cccc(C(=O)Nc3nc4ccc(C#N)cc4[nH]3)n2)CC1.O=C(O)C(F)(F)F. The molecule has 1 amide bonds. The van der Waals surface area contributed by atoms with Crippen LogP contribution in [0.15, 0.2) is 36.4 Å². The summed E-state index contributed by atoms with van der Waals surface area (Å²) < 4.78 is 31.7. The molecule has 0 spiro atoms. The maximum atomic E-state index is 12.6. The Morgan fingerprint density at radius 3 is 2.44 bits per heavy atom. The van der Waals surface area contributed by atoms with Gasteiger partial charge in [-0.05, 0) is 37.4 Å². The first kappa shape index (κ1) is 24.5. The van der Waals surface area contributed by atoms with Crippen LogP contribution in [0.1, 0.15) is 16.1 Å². The fourth-order valence-corrected chi connectivity index (χ4v) is 3.07. The largest absolute Gasteiger partial charge is 0.490 e. The molecule has 3 N–H and O–H groups in total. The number of nitrogens with zero attached hydrogens (tertiary/aromatic N) is 5. The highest BCUT2D eigenvalue weighted by Gasteiger charge is 2.38. The summed E-state index contributed by atoms with van der Waals surface area (Å²) in [5.41, 5.74) is 2.25. The molecule has 1 aliphatic heterocycles. The molecule has 2 aromatic heterocycles. The molecule has 1 aliphatic rings. The van der Waals surface area contributed by atoms with Gasteiger partial charge in [0.15, 0.2) is 0 Å². The quantitative estimate of drug-likeness (QED) is 0.525. The van der Waals surface area contributed by atoms with Crippen molar-refractivity contribution in [3.8, 4) is 6.07 Å². The number of carboxylic acids is 1. The van der Waals surface area contributed by atoms with Gasteiger partial charge in [0.25, 0.3) is 5.91 Å². The zero-order valence-corrected chi connectivity index (χ0v) is 17.9. The van der Waals surface area contributed by atoms with E-state index in [1.807, 2.05) is 12.1 Å². The lowest BCUT2D eigenvalue weighted by Crippen LogP contribution is -2.44. The van der Waals surface area contributed by atoms with E-state index in [1.54, 1.807) is 24.3 Å². The van der Waals surface area contributed by atoms with Crippen molar-refractivity contribution in [2.45, 2.75) is 6.18 Å². The van der Waals surface area contributed by atoms with Gasteiger partial charge in [0.2, 0.25) is 5.95 Å². The summed E-state index contributed by atoms with van der Waals surface area (Å²) in [7, 11) is 2.10. The number of nitrogens with one attached hydrogen (secondary N) is 2. The second-order valence-electron chi connectivity index (χ2n) is 7.36. The van der Waals surface area contributed by atoms with Crippen molar-refractivity contribution < 1.29 is 27.9 Å². The number of H-pyrrole nitrogens is 1. The number of fused-ring (bicyclic) bond motifs is 1. The van der Waals surface area contributed by atoms with Gasteiger partial charge in [-0.1, -0.05) is 6.07 Å². The Kier molecular flexibility index (Phi) is 7.32. The van der Waals surface area contributed by atoms with Crippen LogP contribution in [0.3, 0.4) is 0 Å². The number of nitriles is 1. The number of aromatic nitrogens is 3. The van der Waals surface area contributed by atoms with Gasteiger partial charge in [-0.2, -0.15) is 18.4 Å². The monoisotopic (exact) mass is 475 g/mol. The summed E-state index contributed by atoms with van der Waals surface area (Å²) >= 11 is 0. The first-order chi connectivity index (χ1) is 16.1. The molecule has 10 nitrogen and oxygen atoms in total. The number of carbonyl (C=O) groups is 2. The maximum absolute atomic E-state index is 12.6. The van der Waals surface area contributed by atoms with E-state index in [2.05, 4.69) is 43.2 Å². The van der Waals surface area contributed by atoms with Crippen LogP contribution in [0.25, 0.3) is 11.0 Å². The van der Waals surface area contributed by atoms with Crippen LogP contribution >= 0.6 is 0 Å². The van der Waals surface area contributed by atoms with Crippen molar-refractivity contribution in [3.05, 3.63) is 47.7 Å². The molecule has 1 saturated heterocycles. The minimum absolute atomic E-state index is 0.328. The van der Waals surface area contributed by atoms with E-state index < -0.39 is 12.1 Å². The Hall–Kier alpha value is -4.18. The number of alkyl halides is 3. The first-order valence-corrected chi connectivity index (χ1v) is 9.98. The van der Waals surface area contributed by atoms with Crippen LogP contribution in [-0.4, -0.2) is 76.2 Å². The van der Waals surface area contributed by atoms with Gasteiger partial charge in [0.05, 0.1) is 22.7 Å². The van der Waals surface area contributed by atoms with E-state index in [-0.39, 0.29) is 5.91 Å². The second-order valence-corrected chi connectivity index (χ2v) is 7.36. The fourth-order valence-electron chi connectivity index (χ4n) is 3.07. The summed E-state index contributed by atoms with van der Waals surface area (Å²) in [6.07, 6.45) is -5.08. The highest BCUT2D eigenvalue weighted by molar-refractivity contribution is 6.02. The minimum Gasteiger partial charge on any atom is -0.475 e. The highest BCUT2D eigenvalue weighted by atomic mass is 19.4. The number of hydrogen-bond acceptors (Lipinski definition) is 7. The molecular weight excluding hydrogens is 455 g/mol. The lowest BCUT2D eigenvalue weighted by molar-refractivity contribution is -0.192. The second kappa shape index (κ2) is 10.2. The number of imidazole rings is 1. The number of pyridine rings is 1.